The number of para-hydroxylation sites is 2. The summed E-state index contributed by atoms with van der Waals surface area (Å²) in [6, 6.07) is 18.4. The van der Waals surface area contributed by atoms with Crippen molar-refractivity contribution < 1.29 is 0 Å². The Morgan fingerprint density at radius 1 is 0.762 bits per heavy atom. The maximum atomic E-state index is 2.63. The summed E-state index contributed by atoms with van der Waals surface area (Å²) in [5, 5.41) is 2.80. The summed E-state index contributed by atoms with van der Waals surface area (Å²) in [5.41, 5.74) is 2.81. The zero-order valence-electron chi connectivity index (χ0n) is 12.1. The molecular formula is C20H19N. The van der Waals surface area contributed by atoms with Crippen molar-refractivity contribution in [3.63, 3.8) is 0 Å². The summed E-state index contributed by atoms with van der Waals surface area (Å²) in [4.78, 5) is 0. The topological polar surface area (TPSA) is 4.93 Å². The molecule has 1 fully saturated rings. The summed E-state index contributed by atoms with van der Waals surface area (Å²) in [5.74, 6) is 1.51. The fourth-order valence-electron chi connectivity index (χ4n) is 4.51. The standard InChI is InChI=1S/C20H19N/c1-3-7-18-16(5-1)17-6-2-4-8-19(17)21(18)20-13-14-9-11-15(20)12-10-14/h1-9,11,14-15,20H,10,12-13H2/t14-,15+,20-/m0/s1. The van der Waals surface area contributed by atoms with E-state index in [4.69, 9.17) is 0 Å². The minimum absolute atomic E-state index is 0.638. The first-order chi connectivity index (χ1) is 10.4. The highest BCUT2D eigenvalue weighted by atomic mass is 15.0. The molecule has 2 bridgehead atoms. The van der Waals surface area contributed by atoms with E-state index >= 15 is 0 Å². The van der Waals surface area contributed by atoms with Gasteiger partial charge in [0.15, 0.2) is 0 Å². The van der Waals surface area contributed by atoms with Crippen LogP contribution in [0.1, 0.15) is 25.3 Å². The molecule has 1 aromatic heterocycles. The zero-order valence-corrected chi connectivity index (χ0v) is 12.1. The van der Waals surface area contributed by atoms with Gasteiger partial charge < -0.3 is 4.57 Å². The number of fused-ring (bicyclic) bond motifs is 5. The molecule has 0 radical (unpaired) electrons. The Balaban J connectivity index is 1.83. The first-order valence-electron chi connectivity index (χ1n) is 8.08. The second kappa shape index (κ2) is 4.24. The maximum absolute atomic E-state index is 2.63. The van der Waals surface area contributed by atoms with Crippen LogP contribution in [0.15, 0.2) is 60.7 Å². The Hall–Kier alpha value is -2.02. The second-order valence-electron chi connectivity index (χ2n) is 6.59. The average Bonchev–Trinajstić information content (AvgIpc) is 2.90. The van der Waals surface area contributed by atoms with Gasteiger partial charge in [-0.2, -0.15) is 0 Å². The third kappa shape index (κ3) is 1.58. The van der Waals surface area contributed by atoms with Gasteiger partial charge in [-0.05, 0) is 43.2 Å². The summed E-state index contributed by atoms with van der Waals surface area (Å²) in [6.07, 6.45) is 8.98. The minimum Gasteiger partial charge on any atom is -0.337 e. The van der Waals surface area contributed by atoms with Gasteiger partial charge in [-0.3, -0.25) is 0 Å². The molecule has 1 saturated carbocycles. The van der Waals surface area contributed by atoms with Gasteiger partial charge in [0.1, 0.15) is 0 Å². The van der Waals surface area contributed by atoms with Crippen molar-refractivity contribution in [2.24, 2.45) is 11.8 Å². The summed E-state index contributed by atoms with van der Waals surface area (Å²) >= 11 is 0. The Bertz CT molecular complexity index is 801. The van der Waals surface area contributed by atoms with Gasteiger partial charge in [-0.15, -0.1) is 0 Å². The largest absolute Gasteiger partial charge is 0.337 e. The molecule has 104 valence electrons. The lowest BCUT2D eigenvalue weighted by Gasteiger charge is -2.39. The summed E-state index contributed by atoms with van der Waals surface area (Å²) in [6.45, 7) is 0. The van der Waals surface area contributed by atoms with Crippen LogP contribution in [0.2, 0.25) is 0 Å². The SMILES string of the molecule is C1=C[C@@H]2CC[C@H]1C[C@@H]2n1c2ccccc2c2ccccc21. The molecule has 0 unspecified atom stereocenters. The number of hydrogen-bond donors (Lipinski definition) is 0. The molecule has 3 aliphatic rings. The van der Waals surface area contributed by atoms with Gasteiger partial charge in [0.25, 0.3) is 0 Å². The Morgan fingerprint density at radius 2 is 1.43 bits per heavy atom. The highest BCUT2D eigenvalue weighted by Gasteiger charge is 2.34. The zero-order chi connectivity index (χ0) is 13.8. The van der Waals surface area contributed by atoms with E-state index in [1.165, 1.54) is 41.1 Å². The fourth-order valence-corrected chi connectivity index (χ4v) is 4.51. The molecule has 3 aliphatic carbocycles. The van der Waals surface area contributed by atoms with E-state index in [1.54, 1.807) is 0 Å². The van der Waals surface area contributed by atoms with Crippen LogP contribution in [0.4, 0.5) is 0 Å². The van der Waals surface area contributed by atoms with Crippen molar-refractivity contribution >= 4 is 21.8 Å². The predicted octanol–water partition coefficient (Wildman–Crippen LogP) is 5.32. The van der Waals surface area contributed by atoms with Crippen LogP contribution in [-0.4, -0.2) is 4.57 Å². The minimum atomic E-state index is 0.638. The number of rotatable bonds is 1. The molecule has 21 heavy (non-hydrogen) atoms. The van der Waals surface area contributed by atoms with E-state index in [0.717, 1.165) is 5.92 Å². The van der Waals surface area contributed by atoms with E-state index in [0.29, 0.717) is 12.0 Å². The number of allylic oxidation sites excluding steroid dienone is 2. The van der Waals surface area contributed by atoms with Gasteiger partial charge in [-0.25, -0.2) is 0 Å². The third-order valence-electron chi connectivity index (χ3n) is 5.49. The van der Waals surface area contributed by atoms with Gasteiger partial charge in [0.2, 0.25) is 0 Å². The van der Waals surface area contributed by atoms with Crippen LogP contribution in [0.5, 0.6) is 0 Å². The molecule has 0 N–H and O–H groups in total. The smallest absolute Gasteiger partial charge is 0.0494 e. The summed E-state index contributed by atoms with van der Waals surface area (Å²) in [7, 11) is 0. The number of nitrogens with zero attached hydrogens (tertiary/aromatic N) is 1. The lowest BCUT2D eigenvalue weighted by atomic mass is 9.72. The highest BCUT2D eigenvalue weighted by molar-refractivity contribution is 6.08. The molecule has 1 heterocycles. The summed E-state index contributed by atoms with van der Waals surface area (Å²) < 4.78 is 2.63. The van der Waals surface area contributed by atoms with Crippen molar-refractivity contribution in [2.75, 3.05) is 0 Å². The van der Waals surface area contributed by atoms with Gasteiger partial charge in [0.05, 0.1) is 0 Å². The molecule has 0 amide bonds. The Labute approximate surface area is 124 Å². The number of aromatic nitrogens is 1. The quantitative estimate of drug-likeness (QED) is 0.529. The monoisotopic (exact) mass is 273 g/mol. The molecule has 1 heteroatoms. The molecule has 3 aromatic rings. The van der Waals surface area contributed by atoms with Gasteiger partial charge in [0, 0.05) is 27.8 Å². The van der Waals surface area contributed by atoms with Crippen molar-refractivity contribution in [1.29, 1.82) is 0 Å². The fraction of sp³-hybridized carbons (Fsp3) is 0.300. The van der Waals surface area contributed by atoms with Crippen molar-refractivity contribution in [3.05, 3.63) is 60.7 Å². The molecule has 0 saturated heterocycles. The third-order valence-corrected chi connectivity index (χ3v) is 5.49. The molecule has 1 nitrogen and oxygen atoms in total. The van der Waals surface area contributed by atoms with Gasteiger partial charge >= 0.3 is 0 Å². The Morgan fingerprint density at radius 3 is 1.95 bits per heavy atom. The van der Waals surface area contributed by atoms with Crippen LogP contribution < -0.4 is 0 Å². The number of hydrogen-bond acceptors (Lipinski definition) is 0. The van der Waals surface area contributed by atoms with E-state index in [1.807, 2.05) is 0 Å². The molecule has 6 rings (SSSR count). The van der Waals surface area contributed by atoms with Gasteiger partial charge in [-0.1, -0.05) is 48.6 Å². The normalized spacial score (nSPS) is 27.7. The molecule has 0 spiro atoms. The van der Waals surface area contributed by atoms with E-state index in [2.05, 4.69) is 65.3 Å². The van der Waals surface area contributed by atoms with Crippen molar-refractivity contribution in [2.45, 2.75) is 25.3 Å². The predicted molar refractivity (Wildman–Crippen MR) is 88.5 cm³/mol. The van der Waals surface area contributed by atoms with Crippen LogP contribution >= 0.6 is 0 Å². The van der Waals surface area contributed by atoms with E-state index in [-0.39, 0.29) is 0 Å². The van der Waals surface area contributed by atoms with E-state index < -0.39 is 0 Å². The molecule has 3 atom stereocenters. The van der Waals surface area contributed by atoms with Crippen LogP contribution in [0.25, 0.3) is 21.8 Å². The lowest BCUT2D eigenvalue weighted by molar-refractivity contribution is 0.232. The second-order valence-corrected chi connectivity index (χ2v) is 6.59. The van der Waals surface area contributed by atoms with Crippen molar-refractivity contribution in [3.8, 4) is 0 Å². The average molecular weight is 273 g/mol. The van der Waals surface area contributed by atoms with E-state index in [9.17, 15) is 0 Å². The molecule has 2 aromatic carbocycles. The van der Waals surface area contributed by atoms with Crippen LogP contribution in [0.3, 0.4) is 0 Å². The molecule has 0 aliphatic heterocycles. The molecular weight excluding hydrogens is 254 g/mol. The van der Waals surface area contributed by atoms with Crippen molar-refractivity contribution in [1.82, 2.24) is 4.57 Å². The highest BCUT2D eigenvalue weighted by Crippen LogP contribution is 2.46. The number of benzene rings is 2. The first kappa shape index (κ1) is 11.6. The maximum Gasteiger partial charge on any atom is 0.0494 e. The lowest BCUT2D eigenvalue weighted by Crippen LogP contribution is -2.29. The Kier molecular flexibility index (Phi) is 2.34. The van der Waals surface area contributed by atoms with Crippen LogP contribution in [-0.2, 0) is 0 Å². The van der Waals surface area contributed by atoms with Crippen LogP contribution in [0, 0.1) is 11.8 Å². The first-order valence-corrected chi connectivity index (χ1v) is 8.08.